The van der Waals surface area contributed by atoms with Crippen LogP contribution < -0.4 is 0 Å². The van der Waals surface area contributed by atoms with Crippen LogP contribution in [-0.4, -0.2) is 10.1 Å². The molecular weight excluding hydrogens is 198 g/mol. The monoisotopic (exact) mass is 221 g/mol. The van der Waals surface area contributed by atoms with Gasteiger partial charge in [0.15, 0.2) is 0 Å². The van der Waals surface area contributed by atoms with Gasteiger partial charge in [0.2, 0.25) is 0 Å². The first-order valence-electron chi connectivity index (χ1n) is 6.34. The van der Waals surface area contributed by atoms with Gasteiger partial charge in [-0.2, -0.15) is 0 Å². The summed E-state index contributed by atoms with van der Waals surface area (Å²) in [6.07, 6.45) is 10.3. The van der Waals surface area contributed by atoms with Gasteiger partial charge < -0.3 is 5.11 Å². The van der Waals surface area contributed by atoms with Crippen LogP contribution in [-0.2, 0) is 0 Å². The van der Waals surface area contributed by atoms with Crippen molar-refractivity contribution < 1.29 is 5.11 Å². The Morgan fingerprint density at radius 1 is 1.25 bits per heavy atom. The van der Waals surface area contributed by atoms with Crippen LogP contribution in [0.3, 0.4) is 0 Å². The fourth-order valence-electron chi connectivity index (χ4n) is 1.95. The lowest BCUT2D eigenvalue weighted by Crippen LogP contribution is -2.00. The second-order valence-electron chi connectivity index (χ2n) is 4.45. The first kappa shape index (κ1) is 13.2. The first-order valence-corrected chi connectivity index (χ1v) is 6.34. The number of aliphatic hydroxyl groups excluding tert-OH is 1. The van der Waals surface area contributed by atoms with Crippen LogP contribution in [0.15, 0.2) is 18.5 Å². The molecule has 1 unspecified atom stereocenters. The standard InChI is InChI=1S/C14H23NO/c1-3-4-5-6-7-8-14(16)13-9-10-15-11-12(13)2/h9-11,14,16H,3-8H2,1-2H3. The van der Waals surface area contributed by atoms with Crippen molar-refractivity contribution in [3.05, 3.63) is 29.6 Å². The molecule has 0 aliphatic rings. The molecule has 0 bridgehead atoms. The molecule has 0 amide bonds. The SMILES string of the molecule is CCCCCCCC(O)c1ccncc1C. The van der Waals surface area contributed by atoms with Gasteiger partial charge in [0.05, 0.1) is 6.10 Å². The Hall–Kier alpha value is -0.890. The van der Waals surface area contributed by atoms with Crippen LogP contribution >= 0.6 is 0 Å². The maximum absolute atomic E-state index is 10.0. The van der Waals surface area contributed by atoms with Crippen molar-refractivity contribution in [3.63, 3.8) is 0 Å². The number of aromatic nitrogens is 1. The van der Waals surface area contributed by atoms with Crippen molar-refractivity contribution in [2.75, 3.05) is 0 Å². The van der Waals surface area contributed by atoms with E-state index in [0.717, 1.165) is 24.0 Å². The van der Waals surface area contributed by atoms with E-state index in [-0.39, 0.29) is 6.10 Å². The molecule has 0 saturated carbocycles. The van der Waals surface area contributed by atoms with Crippen molar-refractivity contribution in [1.82, 2.24) is 4.98 Å². The van der Waals surface area contributed by atoms with E-state index in [2.05, 4.69) is 11.9 Å². The van der Waals surface area contributed by atoms with Gasteiger partial charge in [0.25, 0.3) is 0 Å². The average molecular weight is 221 g/mol. The molecule has 2 heteroatoms. The van der Waals surface area contributed by atoms with Gasteiger partial charge in [-0.25, -0.2) is 0 Å². The molecule has 1 atom stereocenters. The topological polar surface area (TPSA) is 33.1 Å². The fraction of sp³-hybridized carbons (Fsp3) is 0.643. The average Bonchev–Trinajstić information content (AvgIpc) is 2.29. The molecule has 0 aliphatic carbocycles. The molecular formula is C14H23NO. The first-order chi connectivity index (χ1) is 7.75. The Kier molecular flexibility index (Phi) is 6.09. The molecule has 1 N–H and O–H groups in total. The van der Waals surface area contributed by atoms with E-state index >= 15 is 0 Å². The normalized spacial score (nSPS) is 12.7. The lowest BCUT2D eigenvalue weighted by molar-refractivity contribution is 0.162. The van der Waals surface area contributed by atoms with Gasteiger partial charge in [0.1, 0.15) is 0 Å². The molecule has 1 heterocycles. The van der Waals surface area contributed by atoms with Gasteiger partial charge in [0, 0.05) is 12.4 Å². The zero-order valence-corrected chi connectivity index (χ0v) is 10.4. The van der Waals surface area contributed by atoms with E-state index in [1.54, 1.807) is 6.20 Å². The van der Waals surface area contributed by atoms with Crippen LogP contribution in [0.5, 0.6) is 0 Å². The Bertz CT molecular complexity index is 299. The van der Waals surface area contributed by atoms with E-state index in [4.69, 9.17) is 0 Å². The largest absolute Gasteiger partial charge is 0.388 e. The quantitative estimate of drug-likeness (QED) is 0.711. The summed E-state index contributed by atoms with van der Waals surface area (Å²) in [5, 5.41) is 10.0. The third-order valence-electron chi connectivity index (χ3n) is 3.00. The maximum atomic E-state index is 10.0. The number of unbranched alkanes of at least 4 members (excludes halogenated alkanes) is 4. The van der Waals surface area contributed by atoms with Gasteiger partial charge in [-0.3, -0.25) is 4.98 Å². The number of nitrogens with zero attached hydrogens (tertiary/aromatic N) is 1. The summed E-state index contributed by atoms with van der Waals surface area (Å²) in [5.41, 5.74) is 2.12. The second-order valence-corrected chi connectivity index (χ2v) is 4.45. The van der Waals surface area contributed by atoms with Gasteiger partial charge >= 0.3 is 0 Å². The maximum Gasteiger partial charge on any atom is 0.0793 e. The van der Waals surface area contributed by atoms with E-state index in [0.29, 0.717) is 0 Å². The summed E-state index contributed by atoms with van der Waals surface area (Å²) in [7, 11) is 0. The minimum Gasteiger partial charge on any atom is -0.388 e. The summed E-state index contributed by atoms with van der Waals surface area (Å²) in [6.45, 7) is 4.22. The lowest BCUT2D eigenvalue weighted by Gasteiger charge is -2.12. The van der Waals surface area contributed by atoms with Crippen LogP contribution in [0.25, 0.3) is 0 Å². The van der Waals surface area contributed by atoms with Crippen molar-refractivity contribution >= 4 is 0 Å². The molecule has 2 nitrogen and oxygen atoms in total. The summed E-state index contributed by atoms with van der Waals surface area (Å²) < 4.78 is 0. The number of aryl methyl sites for hydroxylation is 1. The number of rotatable bonds is 7. The molecule has 1 aromatic heterocycles. The zero-order valence-electron chi connectivity index (χ0n) is 10.4. The van der Waals surface area contributed by atoms with Gasteiger partial charge in [-0.15, -0.1) is 0 Å². The highest BCUT2D eigenvalue weighted by Crippen LogP contribution is 2.22. The Labute approximate surface area is 98.7 Å². The summed E-state index contributed by atoms with van der Waals surface area (Å²) in [5.74, 6) is 0. The highest BCUT2D eigenvalue weighted by atomic mass is 16.3. The third-order valence-corrected chi connectivity index (χ3v) is 3.00. The van der Waals surface area contributed by atoms with Crippen molar-refractivity contribution in [3.8, 4) is 0 Å². The number of aliphatic hydroxyl groups is 1. The number of pyridine rings is 1. The Balaban J connectivity index is 2.30. The molecule has 0 saturated heterocycles. The molecule has 0 spiro atoms. The fourth-order valence-corrected chi connectivity index (χ4v) is 1.95. The molecule has 16 heavy (non-hydrogen) atoms. The molecule has 90 valence electrons. The summed E-state index contributed by atoms with van der Waals surface area (Å²) in [6, 6.07) is 1.92. The molecule has 0 radical (unpaired) electrons. The molecule has 0 aliphatic heterocycles. The minimum absolute atomic E-state index is 0.315. The van der Waals surface area contributed by atoms with E-state index < -0.39 is 0 Å². The molecule has 0 aromatic carbocycles. The molecule has 0 fully saturated rings. The van der Waals surface area contributed by atoms with Crippen molar-refractivity contribution in [2.45, 2.75) is 58.5 Å². The van der Waals surface area contributed by atoms with Crippen LogP contribution in [0.1, 0.15) is 62.7 Å². The highest BCUT2D eigenvalue weighted by molar-refractivity contribution is 5.23. The van der Waals surface area contributed by atoms with Gasteiger partial charge in [-0.05, 0) is 30.5 Å². The summed E-state index contributed by atoms with van der Waals surface area (Å²) >= 11 is 0. The summed E-state index contributed by atoms with van der Waals surface area (Å²) in [4.78, 5) is 4.04. The van der Waals surface area contributed by atoms with Crippen molar-refractivity contribution in [1.29, 1.82) is 0 Å². The van der Waals surface area contributed by atoms with Crippen LogP contribution in [0, 0.1) is 6.92 Å². The predicted octanol–water partition coefficient (Wildman–Crippen LogP) is 3.78. The second kappa shape index (κ2) is 7.39. The van der Waals surface area contributed by atoms with E-state index in [9.17, 15) is 5.11 Å². The smallest absolute Gasteiger partial charge is 0.0793 e. The molecule has 1 rings (SSSR count). The highest BCUT2D eigenvalue weighted by Gasteiger charge is 2.09. The number of hydrogen-bond acceptors (Lipinski definition) is 2. The Morgan fingerprint density at radius 3 is 2.69 bits per heavy atom. The van der Waals surface area contributed by atoms with Crippen LogP contribution in [0.2, 0.25) is 0 Å². The zero-order chi connectivity index (χ0) is 11.8. The Morgan fingerprint density at radius 2 is 2.00 bits per heavy atom. The third kappa shape index (κ3) is 4.31. The van der Waals surface area contributed by atoms with E-state index in [1.807, 2.05) is 19.2 Å². The predicted molar refractivity (Wildman–Crippen MR) is 67.3 cm³/mol. The molecule has 1 aromatic rings. The lowest BCUT2D eigenvalue weighted by atomic mass is 10.0. The minimum atomic E-state index is -0.315. The van der Waals surface area contributed by atoms with Crippen LogP contribution in [0.4, 0.5) is 0 Å². The van der Waals surface area contributed by atoms with E-state index in [1.165, 1.54) is 25.7 Å². The number of hydrogen-bond donors (Lipinski definition) is 1. The van der Waals surface area contributed by atoms with Gasteiger partial charge in [-0.1, -0.05) is 39.0 Å². The van der Waals surface area contributed by atoms with Crippen molar-refractivity contribution in [2.24, 2.45) is 0 Å².